The van der Waals surface area contributed by atoms with Crippen LogP contribution in [0.5, 0.6) is 5.75 Å². The number of tetrazole rings is 1. The topological polar surface area (TPSA) is 76.6 Å². The lowest BCUT2D eigenvalue weighted by Crippen LogP contribution is -1.97. The van der Waals surface area contributed by atoms with Crippen LogP contribution in [0.2, 0.25) is 0 Å². The predicted octanol–water partition coefficient (Wildman–Crippen LogP) is 2.11. The van der Waals surface area contributed by atoms with Crippen LogP contribution in [0.1, 0.15) is 11.1 Å². The molecule has 0 fully saturated rings. The number of nitrogens with zero attached hydrogens (tertiary/aromatic N) is 5. The average Bonchev–Trinajstić information content (AvgIpc) is 3.08. The molecule has 0 saturated carbocycles. The summed E-state index contributed by atoms with van der Waals surface area (Å²) in [6.07, 6.45) is 1.53. The Balaban J connectivity index is 1.64. The van der Waals surface area contributed by atoms with Gasteiger partial charge < -0.3 is 4.74 Å². The molecule has 0 spiro atoms. The van der Waals surface area contributed by atoms with Gasteiger partial charge in [0.05, 0.1) is 17.3 Å². The first-order valence-electron chi connectivity index (χ1n) is 6.30. The van der Waals surface area contributed by atoms with Gasteiger partial charge >= 0.3 is 0 Å². The fraction of sp³-hybridized carbons (Fsp3) is 0.0667. The van der Waals surface area contributed by atoms with Crippen molar-refractivity contribution in [3.8, 4) is 17.5 Å². The third-order valence-corrected chi connectivity index (χ3v) is 2.94. The number of aromatic nitrogens is 4. The Bertz CT molecular complexity index is 742. The molecule has 3 rings (SSSR count). The van der Waals surface area contributed by atoms with Gasteiger partial charge in [0.2, 0.25) is 0 Å². The summed E-state index contributed by atoms with van der Waals surface area (Å²) in [5, 5.41) is 19.7. The molecule has 2 aromatic carbocycles. The number of nitriles is 1. The molecule has 6 heteroatoms. The van der Waals surface area contributed by atoms with Gasteiger partial charge in [-0.05, 0) is 52.4 Å². The van der Waals surface area contributed by atoms with Crippen molar-refractivity contribution < 1.29 is 4.74 Å². The van der Waals surface area contributed by atoms with E-state index in [2.05, 4.69) is 21.6 Å². The van der Waals surface area contributed by atoms with Crippen molar-refractivity contribution in [2.24, 2.45) is 0 Å². The minimum Gasteiger partial charge on any atom is -0.489 e. The summed E-state index contributed by atoms with van der Waals surface area (Å²) in [4.78, 5) is 0. The lowest BCUT2D eigenvalue weighted by atomic mass is 10.2. The van der Waals surface area contributed by atoms with E-state index in [9.17, 15) is 0 Å². The maximum Gasteiger partial charge on any atom is 0.143 e. The van der Waals surface area contributed by atoms with E-state index in [0.717, 1.165) is 17.0 Å². The van der Waals surface area contributed by atoms with Crippen molar-refractivity contribution in [3.05, 3.63) is 66.0 Å². The fourth-order valence-corrected chi connectivity index (χ4v) is 1.82. The second-order valence-corrected chi connectivity index (χ2v) is 4.35. The first kappa shape index (κ1) is 12.8. The minimum absolute atomic E-state index is 0.454. The number of benzene rings is 2. The molecule has 3 aromatic rings. The molecule has 0 saturated heterocycles. The Kier molecular flexibility index (Phi) is 3.56. The lowest BCUT2D eigenvalue weighted by Gasteiger charge is -2.07. The molecule has 0 N–H and O–H groups in total. The normalized spacial score (nSPS) is 10.0. The third kappa shape index (κ3) is 3.04. The molecule has 0 atom stereocenters. The first-order chi connectivity index (χ1) is 10.3. The average molecular weight is 277 g/mol. The van der Waals surface area contributed by atoms with E-state index in [1.165, 1.54) is 6.33 Å². The van der Waals surface area contributed by atoms with Crippen LogP contribution in [-0.2, 0) is 6.61 Å². The second-order valence-electron chi connectivity index (χ2n) is 4.35. The van der Waals surface area contributed by atoms with Crippen molar-refractivity contribution in [3.63, 3.8) is 0 Å². The van der Waals surface area contributed by atoms with E-state index < -0.39 is 0 Å². The van der Waals surface area contributed by atoms with Crippen LogP contribution in [0.25, 0.3) is 5.69 Å². The summed E-state index contributed by atoms with van der Waals surface area (Å²) in [5.74, 6) is 0.760. The van der Waals surface area contributed by atoms with Crippen LogP contribution >= 0.6 is 0 Å². The zero-order valence-electron chi connectivity index (χ0n) is 11.0. The highest BCUT2D eigenvalue weighted by molar-refractivity contribution is 5.36. The molecule has 0 radical (unpaired) electrons. The van der Waals surface area contributed by atoms with E-state index in [1.54, 1.807) is 16.8 Å². The highest BCUT2D eigenvalue weighted by Crippen LogP contribution is 2.16. The van der Waals surface area contributed by atoms with Gasteiger partial charge in [-0.3, -0.25) is 0 Å². The zero-order valence-corrected chi connectivity index (χ0v) is 11.0. The van der Waals surface area contributed by atoms with Crippen LogP contribution in [0.4, 0.5) is 0 Å². The first-order valence-corrected chi connectivity index (χ1v) is 6.30. The molecule has 1 aromatic heterocycles. The monoisotopic (exact) mass is 277 g/mol. The predicted molar refractivity (Wildman–Crippen MR) is 74.6 cm³/mol. The van der Waals surface area contributed by atoms with Gasteiger partial charge in [0.25, 0.3) is 0 Å². The third-order valence-electron chi connectivity index (χ3n) is 2.94. The Morgan fingerprint density at radius 2 is 1.81 bits per heavy atom. The van der Waals surface area contributed by atoms with Crippen molar-refractivity contribution in [1.29, 1.82) is 5.26 Å². The molecule has 0 aliphatic heterocycles. The highest BCUT2D eigenvalue weighted by Gasteiger charge is 2.00. The SMILES string of the molecule is N#Cc1ccc(COc2ccc(-n3cnnn3)cc2)cc1. The molecule has 21 heavy (non-hydrogen) atoms. The summed E-state index contributed by atoms with van der Waals surface area (Å²) in [7, 11) is 0. The standard InChI is InChI=1S/C15H11N5O/c16-9-12-1-3-13(4-2-12)10-21-15-7-5-14(6-8-15)20-11-17-18-19-20/h1-8,11H,10H2. The van der Waals surface area contributed by atoms with Gasteiger partial charge in [-0.25, -0.2) is 4.68 Å². The molecule has 0 unspecified atom stereocenters. The van der Waals surface area contributed by atoms with Crippen molar-refractivity contribution >= 4 is 0 Å². The minimum atomic E-state index is 0.454. The molecule has 0 amide bonds. The van der Waals surface area contributed by atoms with Gasteiger partial charge in [-0.15, -0.1) is 5.10 Å². The van der Waals surface area contributed by atoms with E-state index in [0.29, 0.717) is 12.2 Å². The van der Waals surface area contributed by atoms with Crippen LogP contribution in [0.15, 0.2) is 54.9 Å². The summed E-state index contributed by atoms with van der Waals surface area (Å²) < 4.78 is 7.27. The molecule has 0 aliphatic carbocycles. The van der Waals surface area contributed by atoms with Gasteiger partial charge in [0, 0.05) is 0 Å². The number of ether oxygens (including phenoxy) is 1. The van der Waals surface area contributed by atoms with E-state index in [1.807, 2.05) is 36.4 Å². The van der Waals surface area contributed by atoms with Crippen molar-refractivity contribution in [1.82, 2.24) is 20.2 Å². The maximum atomic E-state index is 8.74. The van der Waals surface area contributed by atoms with Crippen molar-refractivity contribution in [2.45, 2.75) is 6.61 Å². The molecule has 0 bridgehead atoms. The summed E-state index contributed by atoms with van der Waals surface area (Å²) in [6, 6.07) is 16.9. The highest BCUT2D eigenvalue weighted by atomic mass is 16.5. The van der Waals surface area contributed by atoms with E-state index in [4.69, 9.17) is 10.00 Å². The Hall–Kier alpha value is -3.20. The van der Waals surface area contributed by atoms with Crippen LogP contribution in [0.3, 0.4) is 0 Å². The number of hydrogen-bond donors (Lipinski definition) is 0. The molecule has 0 aliphatic rings. The number of rotatable bonds is 4. The van der Waals surface area contributed by atoms with E-state index in [-0.39, 0.29) is 0 Å². The molecular formula is C15H11N5O. The van der Waals surface area contributed by atoms with E-state index >= 15 is 0 Å². The van der Waals surface area contributed by atoms with Crippen LogP contribution < -0.4 is 4.74 Å². The van der Waals surface area contributed by atoms with Crippen LogP contribution in [-0.4, -0.2) is 20.2 Å². The van der Waals surface area contributed by atoms with Crippen LogP contribution in [0, 0.1) is 11.3 Å². The summed E-state index contributed by atoms with van der Waals surface area (Å²) >= 11 is 0. The van der Waals surface area contributed by atoms with Gasteiger partial charge in [0.15, 0.2) is 0 Å². The number of hydrogen-bond acceptors (Lipinski definition) is 5. The largest absolute Gasteiger partial charge is 0.489 e. The smallest absolute Gasteiger partial charge is 0.143 e. The van der Waals surface area contributed by atoms with Gasteiger partial charge in [-0.2, -0.15) is 5.26 Å². The molecule has 1 heterocycles. The Morgan fingerprint density at radius 1 is 1.05 bits per heavy atom. The van der Waals surface area contributed by atoms with Gasteiger partial charge in [0.1, 0.15) is 18.7 Å². The zero-order chi connectivity index (χ0) is 14.5. The summed E-state index contributed by atoms with van der Waals surface area (Å²) in [6.45, 7) is 0.454. The van der Waals surface area contributed by atoms with Crippen molar-refractivity contribution in [2.75, 3.05) is 0 Å². The molecule has 6 nitrogen and oxygen atoms in total. The second kappa shape index (κ2) is 5.84. The summed E-state index contributed by atoms with van der Waals surface area (Å²) in [5.41, 5.74) is 2.52. The Labute approximate surface area is 121 Å². The maximum absolute atomic E-state index is 8.74. The van der Waals surface area contributed by atoms with Gasteiger partial charge in [-0.1, -0.05) is 12.1 Å². The molecule has 102 valence electrons. The fourth-order valence-electron chi connectivity index (χ4n) is 1.82. The molecular weight excluding hydrogens is 266 g/mol. The quantitative estimate of drug-likeness (QED) is 0.730. The lowest BCUT2D eigenvalue weighted by molar-refractivity contribution is 0.306. The Morgan fingerprint density at radius 3 is 2.43 bits per heavy atom.